The summed E-state index contributed by atoms with van der Waals surface area (Å²) in [6, 6.07) is 6.01. The van der Waals surface area contributed by atoms with E-state index in [1.807, 2.05) is 5.43 Å². The van der Waals surface area contributed by atoms with Gasteiger partial charge in [0.25, 0.3) is 5.91 Å². The van der Waals surface area contributed by atoms with Crippen LogP contribution in [-0.4, -0.2) is 28.8 Å². The molecule has 2 aromatic rings. The first-order valence-corrected chi connectivity index (χ1v) is 7.78. The molecule has 0 atom stereocenters. The summed E-state index contributed by atoms with van der Waals surface area (Å²) in [5.74, 6) is -1.71. The largest absolute Gasteiger partial charge is 0.500 e. The fraction of sp³-hybridized carbons (Fsp3) is 0.176. The molecule has 0 aromatic heterocycles. The summed E-state index contributed by atoms with van der Waals surface area (Å²) in [5, 5.41) is 24.4. The maximum Gasteiger partial charge on any atom is 0.416 e. The van der Waals surface area contributed by atoms with Crippen LogP contribution < -0.4 is 10.2 Å². The van der Waals surface area contributed by atoms with Crippen molar-refractivity contribution in [2.45, 2.75) is 13.1 Å². The van der Waals surface area contributed by atoms with E-state index in [0.29, 0.717) is 6.07 Å². The van der Waals surface area contributed by atoms with Gasteiger partial charge in [-0.2, -0.15) is 18.3 Å². The molecule has 148 valence electrons. The van der Waals surface area contributed by atoms with Crippen LogP contribution in [0.4, 0.5) is 18.9 Å². The van der Waals surface area contributed by atoms with Crippen LogP contribution in [0.1, 0.15) is 28.4 Å². The van der Waals surface area contributed by atoms with Crippen LogP contribution in [0.2, 0.25) is 0 Å². The van der Waals surface area contributed by atoms with Gasteiger partial charge in [-0.3, -0.25) is 14.9 Å². The number of hydrogen-bond acceptors (Lipinski definition) is 6. The van der Waals surface area contributed by atoms with Crippen molar-refractivity contribution in [1.82, 2.24) is 5.43 Å². The lowest BCUT2D eigenvalue weighted by molar-refractivity contribution is -0.386. The van der Waals surface area contributed by atoms with Crippen molar-refractivity contribution in [2.75, 3.05) is 6.61 Å². The zero-order valence-corrected chi connectivity index (χ0v) is 14.4. The summed E-state index contributed by atoms with van der Waals surface area (Å²) in [5.41, 5.74) is 0.274. The topological polar surface area (TPSA) is 114 Å². The van der Waals surface area contributed by atoms with E-state index in [2.05, 4.69) is 5.10 Å². The number of hydrogen-bond donors (Lipinski definition) is 2. The van der Waals surface area contributed by atoms with Gasteiger partial charge in [0.15, 0.2) is 5.75 Å². The van der Waals surface area contributed by atoms with Crippen LogP contribution in [0.3, 0.4) is 0 Å². The van der Waals surface area contributed by atoms with Crippen LogP contribution in [0.15, 0.2) is 41.5 Å². The Morgan fingerprint density at radius 1 is 1.36 bits per heavy atom. The zero-order valence-electron chi connectivity index (χ0n) is 14.4. The molecule has 0 aliphatic rings. The van der Waals surface area contributed by atoms with Crippen molar-refractivity contribution in [2.24, 2.45) is 5.10 Å². The average Bonchev–Trinajstić information content (AvgIpc) is 2.63. The summed E-state index contributed by atoms with van der Waals surface area (Å²) in [7, 11) is 0. The number of carbonyl (C=O) groups is 1. The third-order valence-corrected chi connectivity index (χ3v) is 3.41. The molecule has 0 aliphatic carbocycles. The molecule has 0 radical (unpaired) electrons. The number of amides is 1. The number of nitrogens with one attached hydrogen (secondary N) is 1. The molecule has 2 aromatic carbocycles. The predicted octanol–water partition coefficient (Wildman–Crippen LogP) is 3.48. The fourth-order valence-electron chi connectivity index (χ4n) is 2.16. The van der Waals surface area contributed by atoms with Crippen molar-refractivity contribution < 1.29 is 32.7 Å². The Kier molecular flexibility index (Phi) is 6.18. The van der Waals surface area contributed by atoms with Gasteiger partial charge in [0.05, 0.1) is 23.3 Å². The quantitative estimate of drug-likeness (QED) is 0.440. The SMILES string of the molecule is CCOc1cc(/C=N\NC(=O)c2cccc(C(F)(F)F)c2)cc([N+](=O)[O-])c1O. The fourth-order valence-corrected chi connectivity index (χ4v) is 2.16. The highest BCUT2D eigenvalue weighted by atomic mass is 19.4. The Morgan fingerprint density at radius 2 is 2.07 bits per heavy atom. The second-order valence-corrected chi connectivity index (χ2v) is 5.35. The minimum Gasteiger partial charge on any atom is -0.500 e. The van der Waals surface area contributed by atoms with E-state index in [9.17, 15) is 33.2 Å². The molecule has 1 amide bonds. The van der Waals surface area contributed by atoms with E-state index < -0.39 is 34.0 Å². The Labute approximate surface area is 156 Å². The molecule has 0 saturated heterocycles. The third-order valence-electron chi connectivity index (χ3n) is 3.41. The van der Waals surface area contributed by atoms with Gasteiger partial charge in [0.1, 0.15) is 0 Å². The van der Waals surface area contributed by atoms with Gasteiger partial charge in [-0.25, -0.2) is 5.43 Å². The average molecular weight is 397 g/mol. The number of halogens is 3. The van der Waals surface area contributed by atoms with Crippen LogP contribution in [-0.2, 0) is 6.18 Å². The lowest BCUT2D eigenvalue weighted by Crippen LogP contribution is -2.18. The Balaban J connectivity index is 2.20. The molecule has 0 saturated carbocycles. The molecule has 0 fully saturated rings. The summed E-state index contributed by atoms with van der Waals surface area (Å²) >= 11 is 0. The second-order valence-electron chi connectivity index (χ2n) is 5.35. The number of benzene rings is 2. The second kappa shape index (κ2) is 8.37. The molecule has 2 N–H and O–H groups in total. The van der Waals surface area contributed by atoms with E-state index in [4.69, 9.17) is 4.74 Å². The summed E-state index contributed by atoms with van der Waals surface area (Å²) < 4.78 is 43.2. The molecule has 11 heteroatoms. The minimum atomic E-state index is -4.60. The van der Waals surface area contributed by atoms with Crippen molar-refractivity contribution >= 4 is 17.8 Å². The van der Waals surface area contributed by atoms with E-state index in [1.165, 1.54) is 12.1 Å². The highest BCUT2D eigenvalue weighted by molar-refractivity contribution is 5.95. The summed E-state index contributed by atoms with van der Waals surface area (Å²) in [4.78, 5) is 22.1. The van der Waals surface area contributed by atoms with Gasteiger partial charge in [-0.15, -0.1) is 0 Å². The number of ether oxygens (including phenoxy) is 1. The number of hydrazone groups is 1. The smallest absolute Gasteiger partial charge is 0.416 e. The Bertz CT molecular complexity index is 929. The first kappa shape index (κ1) is 20.7. The molecule has 0 spiro atoms. The Morgan fingerprint density at radius 3 is 2.68 bits per heavy atom. The number of phenols is 1. The van der Waals surface area contributed by atoms with Crippen LogP contribution in [0.25, 0.3) is 0 Å². The van der Waals surface area contributed by atoms with E-state index >= 15 is 0 Å². The highest BCUT2D eigenvalue weighted by Gasteiger charge is 2.30. The van der Waals surface area contributed by atoms with Gasteiger partial charge >= 0.3 is 11.9 Å². The van der Waals surface area contributed by atoms with Gasteiger partial charge < -0.3 is 9.84 Å². The Hall–Kier alpha value is -3.63. The molecule has 2 rings (SSSR count). The maximum absolute atomic E-state index is 12.7. The number of nitro benzene ring substituents is 1. The van der Waals surface area contributed by atoms with E-state index in [-0.39, 0.29) is 23.5 Å². The van der Waals surface area contributed by atoms with Crippen molar-refractivity contribution in [3.8, 4) is 11.5 Å². The molecule has 28 heavy (non-hydrogen) atoms. The van der Waals surface area contributed by atoms with Crippen LogP contribution in [0, 0.1) is 10.1 Å². The molecule has 0 heterocycles. The number of alkyl halides is 3. The molecular weight excluding hydrogens is 383 g/mol. The first-order chi connectivity index (χ1) is 13.1. The van der Waals surface area contributed by atoms with Crippen LogP contribution in [0.5, 0.6) is 11.5 Å². The minimum absolute atomic E-state index is 0.122. The number of phenolic OH excluding ortho intramolecular Hbond substituents is 1. The molecular formula is C17H14F3N3O5. The molecule has 0 aliphatic heterocycles. The third kappa shape index (κ3) is 4.96. The van der Waals surface area contributed by atoms with Gasteiger partial charge in [-0.05, 0) is 31.2 Å². The molecule has 8 nitrogen and oxygen atoms in total. The lowest BCUT2D eigenvalue weighted by atomic mass is 10.1. The normalized spacial score (nSPS) is 11.4. The number of carbonyl (C=O) groups excluding carboxylic acids is 1. The first-order valence-electron chi connectivity index (χ1n) is 7.78. The summed E-state index contributed by atoms with van der Waals surface area (Å²) in [6.45, 7) is 1.75. The van der Waals surface area contributed by atoms with Crippen molar-refractivity contribution in [3.63, 3.8) is 0 Å². The van der Waals surface area contributed by atoms with Gasteiger partial charge in [0.2, 0.25) is 5.75 Å². The predicted molar refractivity (Wildman–Crippen MR) is 92.4 cm³/mol. The monoisotopic (exact) mass is 397 g/mol. The molecule has 0 bridgehead atoms. The molecule has 0 unspecified atom stereocenters. The summed E-state index contributed by atoms with van der Waals surface area (Å²) in [6.07, 6.45) is -3.57. The van der Waals surface area contributed by atoms with Crippen molar-refractivity contribution in [3.05, 3.63) is 63.2 Å². The zero-order chi connectivity index (χ0) is 20.9. The van der Waals surface area contributed by atoms with Gasteiger partial charge in [0, 0.05) is 17.2 Å². The standard InChI is InChI=1S/C17H14F3N3O5/c1-2-28-14-7-10(6-13(15(14)24)23(26)27)9-21-22-16(25)11-4-3-5-12(8-11)17(18,19)20/h3-9,24H,2H2,1H3,(H,22,25)/b21-9-. The highest BCUT2D eigenvalue weighted by Crippen LogP contribution is 2.36. The maximum atomic E-state index is 12.7. The number of rotatable bonds is 6. The van der Waals surface area contributed by atoms with Crippen molar-refractivity contribution in [1.29, 1.82) is 0 Å². The van der Waals surface area contributed by atoms with Crippen LogP contribution >= 0.6 is 0 Å². The lowest BCUT2D eigenvalue weighted by Gasteiger charge is -2.08. The van der Waals surface area contributed by atoms with E-state index in [0.717, 1.165) is 24.4 Å². The van der Waals surface area contributed by atoms with E-state index in [1.54, 1.807) is 6.92 Å². The number of aromatic hydroxyl groups is 1. The van der Waals surface area contributed by atoms with Gasteiger partial charge in [-0.1, -0.05) is 6.07 Å². The number of nitro groups is 1. The number of nitrogens with zero attached hydrogens (tertiary/aromatic N) is 2.